The monoisotopic (exact) mass is 377 g/mol. The Morgan fingerprint density at radius 2 is 1.96 bits per heavy atom. The maximum absolute atomic E-state index is 14.2. The summed E-state index contributed by atoms with van der Waals surface area (Å²) in [4.78, 5) is 23.9. The lowest BCUT2D eigenvalue weighted by Crippen LogP contribution is -2.12. The molecular weight excluding hydrogens is 357 g/mol. The highest BCUT2D eigenvalue weighted by molar-refractivity contribution is 7.80. The molecule has 0 bridgehead atoms. The third-order valence-electron chi connectivity index (χ3n) is 4.04. The summed E-state index contributed by atoms with van der Waals surface area (Å²) in [6.07, 6.45) is 4.14. The van der Waals surface area contributed by atoms with E-state index in [0.717, 1.165) is 5.57 Å². The number of hydrogen-bond donors (Lipinski definition) is 1. The summed E-state index contributed by atoms with van der Waals surface area (Å²) in [5.41, 5.74) is 6.94. The van der Waals surface area contributed by atoms with Crippen molar-refractivity contribution in [1.29, 1.82) is 0 Å². The molecule has 0 unspecified atom stereocenters. The van der Waals surface area contributed by atoms with Crippen LogP contribution in [0.25, 0.3) is 5.57 Å². The van der Waals surface area contributed by atoms with E-state index in [4.69, 9.17) is 27.4 Å². The van der Waals surface area contributed by atoms with Crippen molar-refractivity contribution in [1.82, 2.24) is 0 Å². The number of ether oxygens (including phenoxy) is 2. The number of ketones is 1. The summed E-state index contributed by atoms with van der Waals surface area (Å²) in [5.74, 6) is -0.720. The van der Waals surface area contributed by atoms with Crippen molar-refractivity contribution in [3.8, 4) is 11.5 Å². The van der Waals surface area contributed by atoms with Crippen molar-refractivity contribution in [2.75, 3.05) is 14.2 Å². The van der Waals surface area contributed by atoms with Crippen molar-refractivity contribution in [3.05, 3.63) is 41.2 Å². The maximum Gasteiger partial charge on any atom is 0.221 e. The SMILES string of the molecule is COc1cc(OC)c(C2=CC(=O)CCC(=S)C(=CCC(N)=O)C2)cc1F. The van der Waals surface area contributed by atoms with Crippen molar-refractivity contribution in [2.24, 2.45) is 5.73 Å². The van der Waals surface area contributed by atoms with Gasteiger partial charge in [0.05, 0.1) is 14.2 Å². The van der Waals surface area contributed by atoms with Crippen LogP contribution in [0.15, 0.2) is 29.9 Å². The maximum atomic E-state index is 14.2. The molecule has 0 radical (unpaired) electrons. The van der Waals surface area contributed by atoms with E-state index in [2.05, 4.69) is 0 Å². The van der Waals surface area contributed by atoms with Crippen LogP contribution in [-0.4, -0.2) is 30.8 Å². The Kier molecular flexibility index (Phi) is 6.63. The lowest BCUT2D eigenvalue weighted by atomic mass is 9.89. The topological polar surface area (TPSA) is 78.6 Å². The lowest BCUT2D eigenvalue weighted by molar-refractivity contribution is -0.117. The second-order valence-electron chi connectivity index (χ2n) is 5.82. The predicted molar refractivity (Wildman–Crippen MR) is 101 cm³/mol. The molecule has 0 atom stereocenters. The molecule has 0 aliphatic heterocycles. The number of rotatable bonds is 5. The van der Waals surface area contributed by atoms with E-state index in [9.17, 15) is 14.0 Å². The molecule has 0 fully saturated rings. The van der Waals surface area contributed by atoms with Gasteiger partial charge in [-0.2, -0.15) is 0 Å². The summed E-state index contributed by atoms with van der Waals surface area (Å²) >= 11 is 5.38. The average Bonchev–Trinajstić information content (AvgIpc) is 2.60. The molecule has 5 nitrogen and oxygen atoms in total. The number of methoxy groups -OCH3 is 2. The van der Waals surface area contributed by atoms with Crippen LogP contribution in [0.1, 0.15) is 31.2 Å². The van der Waals surface area contributed by atoms with Crippen molar-refractivity contribution >= 4 is 34.3 Å². The van der Waals surface area contributed by atoms with E-state index in [1.54, 1.807) is 6.08 Å². The highest BCUT2D eigenvalue weighted by Crippen LogP contribution is 2.36. The van der Waals surface area contributed by atoms with Crippen molar-refractivity contribution in [2.45, 2.75) is 25.7 Å². The molecule has 0 spiro atoms. The molecule has 1 aromatic rings. The molecule has 1 aliphatic rings. The number of nitrogens with two attached hydrogens (primary N) is 1. The number of allylic oxidation sites excluding steroid dienone is 3. The van der Waals surface area contributed by atoms with Crippen LogP contribution in [0.2, 0.25) is 0 Å². The van der Waals surface area contributed by atoms with Gasteiger partial charge in [0, 0.05) is 29.3 Å². The van der Waals surface area contributed by atoms with Crippen LogP contribution in [0.4, 0.5) is 4.39 Å². The zero-order valence-electron chi connectivity index (χ0n) is 14.6. The third kappa shape index (κ3) is 4.76. The second kappa shape index (κ2) is 8.71. The van der Waals surface area contributed by atoms with E-state index in [-0.39, 0.29) is 30.8 Å². The highest BCUT2D eigenvalue weighted by atomic mass is 32.1. The van der Waals surface area contributed by atoms with E-state index in [0.29, 0.717) is 28.2 Å². The van der Waals surface area contributed by atoms with Gasteiger partial charge in [-0.15, -0.1) is 0 Å². The number of hydrogen-bond acceptors (Lipinski definition) is 5. The van der Waals surface area contributed by atoms with Gasteiger partial charge in [0.2, 0.25) is 5.91 Å². The van der Waals surface area contributed by atoms with Gasteiger partial charge in [0.15, 0.2) is 17.3 Å². The van der Waals surface area contributed by atoms with Crippen LogP contribution in [0.3, 0.4) is 0 Å². The Morgan fingerprint density at radius 3 is 2.58 bits per heavy atom. The Hall–Kier alpha value is -2.54. The Morgan fingerprint density at radius 1 is 1.27 bits per heavy atom. The van der Waals surface area contributed by atoms with Crippen molar-refractivity contribution < 1.29 is 23.5 Å². The van der Waals surface area contributed by atoms with Crippen LogP contribution >= 0.6 is 12.2 Å². The quantitative estimate of drug-likeness (QED) is 0.630. The summed E-state index contributed by atoms with van der Waals surface area (Å²) in [5, 5.41) is 0. The van der Waals surface area contributed by atoms with Gasteiger partial charge in [0.25, 0.3) is 0 Å². The largest absolute Gasteiger partial charge is 0.496 e. The average molecular weight is 377 g/mol. The first-order chi connectivity index (χ1) is 12.3. The summed E-state index contributed by atoms with van der Waals surface area (Å²) in [6.45, 7) is 0. The van der Waals surface area contributed by atoms with Gasteiger partial charge >= 0.3 is 0 Å². The molecule has 1 aliphatic carbocycles. The smallest absolute Gasteiger partial charge is 0.221 e. The van der Waals surface area contributed by atoms with E-state index in [1.807, 2.05) is 0 Å². The number of benzene rings is 1. The number of carbonyl (C=O) groups excluding carboxylic acids is 2. The Labute approximate surface area is 156 Å². The molecule has 1 amide bonds. The molecule has 0 saturated heterocycles. The Balaban J connectivity index is 2.53. The van der Waals surface area contributed by atoms with Gasteiger partial charge in [-0.1, -0.05) is 18.3 Å². The van der Waals surface area contributed by atoms with E-state index < -0.39 is 11.7 Å². The fraction of sp³-hybridized carbons (Fsp3) is 0.316. The summed E-state index contributed by atoms with van der Waals surface area (Å²) in [6, 6.07) is 2.70. The second-order valence-corrected chi connectivity index (χ2v) is 6.32. The Bertz CT molecular complexity index is 814. The summed E-state index contributed by atoms with van der Waals surface area (Å²) in [7, 11) is 2.81. The number of amides is 1. The molecule has 0 saturated carbocycles. The highest BCUT2D eigenvalue weighted by Gasteiger charge is 2.20. The normalized spacial score (nSPS) is 16.7. The van der Waals surface area contributed by atoms with Gasteiger partial charge in [-0.25, -0.2) is 4.39 Å². The van der Waals surface area contributed by atoms with Gasteiger partial charge in [-0.3, -0.25) is 9.59 Å². The van der Waals surface area contributed by atoms with E-state index in [1.165, 1.54) is 32.4 Å². The molecular formula is C19H20FNO4S. The molecule has 1 aromatic carbocycles. The standard InChI is InChI=1S/C19H20FNO4S/c1-24-16-10-17(25-2)15(20)9-14(16)12-7-11(3-6-19(21)23)18(26)5-4-13(22)8-12/h3,8-10H,4-7H2,1-2H3,(H2,21,23). The third-order valence-corrected chi connectivity index (χ3v) is 4.51. The van der Waals surface area contributed by atoms with Gasteiger partial charge < -0.3 is 15.2 Å². The fourth-order valence-corrected chi connectivity index (χ4v) is 2.97. The summed E-state index contributed by atoms with van der Waals surface area (Å²) < 4.78 is 24.5. The number of halogens is 1. The molecule has 2 rings (SSSR count). The first-order valence-corrected chi connectivity index (χ1v) is 8.42. The zero-order chi connectivity index (χ0) is 19.3. The van der Waals surface area contributed by atoms with Gasteiger partial charge in [-0.05, 0) is 36.1 Å². The molecule has 2 N–H and O–H groups in total. The predicted octanol–water partition coefficient (Wildman–Crippen LogP) is 3.15. The minimum absolute atomic E-state index is 0.0448. The van der Waals surface area contributed by atoms with Crippen LogP contribution in [-0.2, 0) is 9.59 Å². The molecule has 0 aromatic heterocycles. The van der Waals surface area contributed by atoms with E-state index >= 15 is 0 Å². The first-order valence-electron chi connectivity index (χ1n) is 8.01. The first kappa shape index (κ1) is 19.8. The number of carbonyl (C=O) groups is 2. The number of primary amides is 1. The minimum atomic E-state index is -0.566. The molecule has 0 heterocycles. The number of thiocarbonyl (C=S) groups is 1. The zero-order valence-corrected chi connectivity index (χ0v) is 15.5. The fourth-order valence-electron chi connectivity index (χ4n) is 2.71. The van der Waals surface area contributed by atoms with Crippen molar-refractivity contribution in [3.63, 3.8) is 0 Å². The molecule has 26 heavy (non-hydrogen) atoms. The minimum Gasteiger partial charge on any atom is -0.496 e. The molecule has 7 heteroatoms. The van der Waals surface area contributed by atoms with Crippen LogP contribution in [0.5, 0.6) is 11.5 Å². The lowest BCUT2D eigenvalue weighted by Gasteiger charge is -2.18. The van der Waals surface area contributed by atoms with Gasteiger partial charge in [0.1, 0.15) is 5.75 Å². The van der Waals surface area contributed by atoms with Crippen LogP contribution in [0, 0.1) is 5.82 Å². The van der Waals surface area contributed by atoms with Crippen LogP contribution < -0.4 is 15.2 Å². The molecule has 138 valence electrons.